The molecule has 0 saturated heterocycles. The molecule has 0 unspecified atom stereocenters. The van der Waals surface area contributed by atoms with Crippen LogP contribution in [0.5, 0.6) is 5.75 Å². The van der Waals surface area contributed by atoms with Gasteiger partial charge >= 0.3 is 11.6 Å². The average Bonchev–Trinajstić information content (AvgIpc) is 2.67. The number of carbonyl (C=O) groups is 2. The van der Waals surface area contributed by atoms with E-state index >= 15 is 0 Å². The molecule has 6 nitrogen and oxygen atoms in total. The van der Waals surface area contributed by atoms with Crippen molar-refractivity contribution in [2.45, 2.75) is 20.0 Å². The van der Waals surface area contributed by atoms with E-state index in [4.69, 9.17) is 13.9 Å². The Morgan fingerprint density at radius 3 is 2.41 bits per heavy atom. The maximum Gasteiger partial charge on any atom is 0.351 e. The zero-order valence-corrected chi connectivity index (χ0v) is 15.1. The Bertz CT molecular complexity index is 1060. The second kappa shape index (κ2) is 7.45. The van der Waals surface area contributed by atoms with Crippen molar-refractivity contribution in [3.8, 4) is 5.75 Å². The SMILES string of the molecule is COc1ccc2oc(=O)c(C(=O)O[C@H](C)C(=O)c3ccc(C)cc3)cc2c1. The summed E-state index contributed by atoms with van der Waals surface area (Å²) < 4.78 is 15.5. The number of rotatable bonds is 5. The minimum absolute atomic E-state index is 0.278. The van der Waals surface area contributed by atoms with Crippen LogP contribution in [0.2, 0.25) is 0 Å². The van der Waals surface area contributed by atoms with E-state index in [1.807, 2.05) is 6.92 Å². The van der Waals surface area contributed by atoms with Gasteiger partial charge in [-0.05, 0) is 38.1 Å². The van der Waals surface area contributed by atoms with Crippen molar-refractivity contribution in [3.63, 3.8) is 0 Å². The summed E-state index contributed by atoms with van der Waals surface area (Å²) in [5.74, 6) is -0.713. The number of methoxy groups -OCH3 is 1. The van der Waals surface area contributed by atoms with Crippen LogP contribution in [0.3, 0.4) is 0 Å². The van der Waals surface area contributed by atoms with E-state index in [1.165, 1.54) is 20.1 Å². The smallest absolute Gasteiger partial charge is 0.351 e. The van der Waals surface area contributed by atoms with E-state index in [0.29, 0.717) is 22.3 Å². The van der Waals surface area contributed by atoms with E-state index in [0.717, 1.165) is 5.56 Å². The molecule has 3 aromatic rings. The van der Waals surface area contributed by atoms with E-state index in [1.54, 1.807) is 42.5 Å². The molecule has 1 atom stereocenters. The van der Waals surface area contributed by atoms with Crippen molar-refractivity contribution in [2.75, 3.05) is 7.11 Å². The first-order valence-electron chi connectivity index (χ1n) is 8.33. The number of Topliss-reactive ketones (excluding diaryl/α,β-unsaturated/α-hetero) is 1. The number of benzene rings is 2. The van der Waals surface area contributed by atoms with Crippen molar-refractivity contribution in [1.82, 2.24) is 0 Å². The maximum atomic E-state index is 12.4. The van der Waals surface area contributed by atoms with Gasteiger partial charge in [-0.25, -0.2) is 9.59 Å². The Morgan fingerprint density at radius 2 is 1.74 bits per heavy atom. The molecular formula is C21H18O6. The molecule has 138 valence electrons. The lowest BCUT2D eigenvalue weighted by Gasteiger charge is -2.12. The number of ether oxygens (including phenoxy) is 2. The fourth-order valence-corrected chi connectivity index (χ4v) is 2.60. The second-order valence-electron chi connectivity index (χ2n) is 6.13. The van der Waals surface area contributed by atoms with Crippen LogP contribution >= 0.6 is 0 Å². The molecule has 0 spiro atoms. The molecule has 1 heterocycles. The van der Waals surface area contributed by atoms with Crippen molar-refractivity contribution in [2.24, 2.45) is 0 Å². The van der Waals surface area contributed by atoms with Gasteiger partial charge in [-0.1, -0.05) is 29.8 Å². The summed E-state index contributed by atoms with van der Waals surface area (Å²) >= 11 is 0. The third-order valence-electron chi connectivity index (χ3n) is 4.15. The fourth-order valence-electron chi connectivity index (χ4n) is 2.60. The highest BCUT2D eigenvalue weighted by molar-refractivity contribution is 6.01. The molecule has 0 saturated carbocycles. The second-order valence-corrected chi connectivity index (χ2v) is 6.13. The van der Waals surface area contributed by atoms with Gasteiger partial charge in [-0.3, -0.25) is 4.79 Å². The molecule has 27 heavy (non-hydrogen) atoms. The Kier molecular flexibility index (Phi) is 5.07. The van der Waals surface area contributed by atoms with Crippen LogP contribution < -0.4 is 10.4 Å². The Balaban J connectivity index is 1.84. The van der Waals surface area contributed by atoms with Crippen LogP contribution in [-0.4, -0.2) is 25.0 Å². The standard InChI is InChI=1S/C21H18O6/c1-12-4-6-14(7-5-12)19(22)13(2)26-20(23)17-11-15-10-16(25-3)8-9-18(15)27-21(17)24/h4-11,13H,1-3H3/t13-/m1/s1. The molecule has 0 bridgehead atoms. The minimum Gasteiger partial charge on any atom is -0.497 e. The largest absolute Gasteiger partial charge is 0.497 e. The lowest BCUT2D eigenvalue weighted by Crippen LogP contribution is -2.27. The zero-order valence-electron chi connectivity index (χ0n) is 15.1. The molecule has 0 amide bonds. The van der Waals surface area contributed by atoms with Crippen molar-refractivity contribution < 1.29 is 23.5 Å². The summed E-state index contributed by atoms with van der Waals surface area (Å²) in [7, 11) is 1.51. The molecular weight excluding hydrogens is 348 g/mol. The van der Waals surface area contributed by atoms with Gasteiger partial charge in [-0.2, -0.15) is 0 Å². The van der Waals surface area contributed by atoms with Gasteiger partial charge in [0.2, 0.25) is 5.78 Å². The highest BCUT2D eigenvalue weighted by Gasteiger charge is 2.23. The molecule has 6 heteroatoms. The number of aryl methyl sites for hydroxylation is 1. The normalized spacial score (nSPS) is 11.8. The monoisotopic (exact) mass is 366 g/mol. The molecule has 0 fully saturated rings. The molecule has 0 aliphatic heterocycles. The Hall–Kier alpha value is -3.41. The lowest BCUT2D eigenvalue weighted by atomic mass is 10.1. The van der Waals surface area contributed by atoms with E-state index in [2.05, 4.69) is 0 Å². The van der Waals surface area contributed by atoms with Gasteiger partial charge in [-0.15, -0.1) is 0 Å². The summed E-state index contributed by atoms with van der Waals surface area (Å²) in [5, 5.41) is 0.512. The number of esters is 1. The topological polar surface area (TPSA) is 82.8 Å². The number of carbonyl (C=O) groups excluding carboxylic acids is 2. The van der Waals surface area contributed by atoms with Gasteiger partial charge in [0, 0.05) is 10.9 Å². The summed E-state index contributed by atoms with van der Waals surface area (Å²) in [6, 6.07) is 13.2. The molecule has 0 aliphatic rings. The third kappa shape index (κ3) is 3.89. The molecule has 3 rings (SSSR count). The minimum atomic E-state index is -1.04. The first-order valence-corrected chi connectivity index (χ1v) is 8.33. The van der Waals surface area contributed by atoms with Crippen LogP contribution in [-0.2, 0) is 4.74 Å². The van der Waals surface area contributed by atoms with Crippen LogP contribution in [0.15, 0.2) is 57.7 Å². The van der Waals surface area contributed by atoms with Crippen LogP contribution in [0, 0.1) is 6.92 Å². The van der Waals surface area contributed by atoms with E-state index in [-0.39, 0.29) is 11.3 Å². The predicted octanol–water partition coefficient (Wildman–Crippen LogP) is 3.54. The van der Waals surface area contributed by atoms with Crippen molar-refractivity contribution in [1.29, 1.82) is 0 Å². The molecule has 0 radical (unpaired) electrons. The van der Waals surface area contributed by atoms with Crippen molar-refractivity contribution >= 4 is 22.7 Å². The zero-order chi connectivity index (χ0) is 19.6. The molecule has 0 N–H and O–H groups in total. The van der Waals surface area contributed by atoms with Gasteiger partial charge in [0.15, 0.2) is 6.10 Å². The molecule has 0 aliphatic carbocycles. The first-order chi connectivity index (χ1) is 12.9. The maximum absolute atomic E-state index is 12.4. The average molecular weight is 366 g/mol. The van der Waals surface area contributed by atoms with Crippen LogP contribution in [0.1, 0.15) is 33.2 Å². The van der Waals surface area contributed by atoms with Gasteiger partial charge in [0.1, 0.15) is 16.9 Å². The summed E-state index contributed by atoms with van der Waals surface area (Å²) in [4.78, 5) is 36.9. The number of ketones is 1. The van der Waals surface area contributed by atoms with E-state index in [9.17, 15) is 14.4 Å². The summed E-state index contributed by atoms with van der Waals surface area (Å²) in [5.41, 5.74) is 0.657. The number of fused-ring (bicyclic) bond motifs is 1. The first kappa shape index (κ1) is 18.4. The number of hydrogen-bond acceptors (Lipinski definition) is 6. The quantitative estimate of drug-likeness (QED) is 0.390. The number of hydrogen-bond donors (Lipinski definition) is 0. The Labute approximate surface area is 155 Å². The predicted molar refractivity (Wildman–Crippen MR) is 99.4 cm³/mol. The summed E-state index contributed by atoms with van der Waals surface area (Å²) in [6.07, 6.45) is -1.04. The lowest BCUT2D eigenvalue weighted by molar-refractivity contribution is 0.0315. The van der Waals surface area contributed by atoms with E-state index < -0.39 is 17.7 Å². The van der Waals surface area contributed by atoms with Gasteiger partial charge in [0.25, 0.3) is 0 Å². The third-order valence-corrected chi connectivity index (χ3v) is 4.15. The van der Waals surface area contributed by atoms with Gasteiger partial charge < -0.3 is 13.9 Å². The Morgan fingerprint density at radius 1 is 1.04 bits per heavy atom. The van der Waals surface area contributed by atoms with Gasteiger partial charge in [0.05, 0.1) is 7.11 Å². The molecule has 1 aromatic heterocycles. The molecule has 2 aromatic carbocycles. The highest BCUT2D eigenvalue weighted by atomic mass is 16.5. The van der Waals surface area contributed by atoms with Crippen LogP contribution in [0.4, 0.5) is 0 Å². The van der Waals surface area contributed by atoms with Crippen LogP contribution in [0.25, 0.3) is 11.0 Å². The highest BCUT2D eigenvalue weighted by Crippen LogP contribution is 2.21. The fraction of sp³-hybridized carbons (Fsp3) is 0.190. The summed E-state index contributed by atoms with van der Waals surface area (Å²) in [6.45, 7) is 3.37. The van der Waals surface area contributed by atoms with Crippen molar-refractivity contribution in [3.05, 3.63) is 75.6 Å².